The SMILES string of the molecule is C.Cc1cc(C)c(-c2ccc3c(c2)[CH]([Zr+2]([CH3])([CH3])[C]2=CC=CC2)c2cc(-c4c(C)cc(C)cc4C)ccc2-3)c(C)c1.[Cl-].[Cl-]. The summed E-state index contributed by atoms with van der Waals surface area (Å²) in [5.41, 5.74) is 19.7. The Morgan fingerprint density at radius 3 is 1.36 bits per heavy atom. The molecule has 4 aromatic carbocycles. The maximum absolute atomic E-state index is 2.81. The Labute approximate surface area is 271 Å². The van der Waals surface area contributed by atoms with Crippen molar-refractivity contribution in [1.82, 2.24) is 0 Å². The van der Waals surface area contributed by atoms with E-state index in [4.69, 9.17) is 0 Å². The summed E-state index contributed by atoms with van der Waals surface area (Å²) >= 11 is -2.81. The number of hydrogen-bond acceptors (Lipinski definition) is 0. The zero-order valence-electron chi connectivity index (χ0n) is 25.5. The van der Waals surface area contributed by atoms with Gasteiger partial charge in [0, 0.05) is 0 Å². The summed E-state index contributed by atoms with van der Waals surface area (Å²) < 4.78 is 7.57. The standard InChI is InChI=1S/C31H29.C5H5.CH4.2CH3.2ClH.Zr/c1-18-11-20(3)30(21(4)12-18)24-7-9-28-26(15-24)17-27-16-25(8-10-29(27)28)31-22(5)13-19(2)14-23(31)6;1-2-4-5-3-1;;;;;;/h7-17H,1-6H3;1-3H,4H2;1H4;2*1H3;2*1H;/q;;;;;;;+2/p-2. The van der Waals surface area contributed by atoms with Gasteiger partial charge in [0.25, 0.3) is 0 Å². The summed E-state index contributed by atoms with van der Waals surface area (Å²) in [6.07, 6.45) is 8.23. The monoisotopic (exact) mass is 672 g/mol. The molecule has 3 heteroatoms. The first-order valence-electron chi connectivity index (χ1n) is 14.4. The first kappa shape index (κ1) is 34.3. The smallest absolute Gasteiger partial charge is 1.00 e. The van der Waals surface area contributed by atoms with Crippen molar-refractivity contribution in [2.75, 3.05) is 0 Å². The van der Waals surface area contributed by atoms with Gasteiger partial charge in [-0.3, -0.25) is 0 Å². The van der Waals surface area contributed by atoms with Crippen LogP contribution in [0.4, 0.5) is 0 Å². The molecule has 0 N–H and O–H groups in total. The molecule has 0 fully saturated rings. The molecular weight excluding hydrogens is 631 g/mol. The average molecular weight is 675 g/mol. The van der Waals surface area contributed by atoms with E-state index in [1.54, 1.807) is 14.4 Å². The second-order valence-corrected chi connectivity index (χ2v) is 24.1. The molecule has 42 heavy (non-hydrogen) atoms. The number of benzene rings is 4. The van der Waals surface area contributed by atoms with Crippen molar-refractivity contribution in [1.29, 1.82) is 0 Å². The number of halogens is 2. The normalized spacial score (nSPS) is 13.1. The summed E-state index contributed by atoms with van der Waals surface area (Å²) in [4.78, 5) is 0. The van der Waals surface area contributed by atoms with Crippen LogP contribution in [-0.2, 0) is 20.3 Å². The molecule has 0 saturated carbocycles. The van der Waals surface area contributed by atoms with Gasteiger partial charge in [-0.1, -0.05) is 7.43 Å². The fraction of sp³-hybridized carbons (Fsp3) is 0.282. The molecule has 0 saturated heterocycles. The van der Waals surface area contributed by atoms with Crippen molar-refractivity contribution >= 4 is 0 Å². The topological polar surface area (TPSA) is 0 Å². The van der Waals surface area contributed by atoms with Crippen molar-refractivity contribution in [3.05, 3.63) is 127 Å². The molecule has 2 aliphatic rings. The van der Waals surface area contributed by atoms with Gasteiger partial charge in [-0.05, 0) is 0 Å². The maximum Gasteiger partial charge on any atom is -1.00 e. The minimum absolute atomic E-state index is 0. The van der Waals surface area contributed by atoms with Gasteiger partial charge in [-0.2, -0.15) is 0 Å². The maximum atomic E-state index is 2.67. The quantitative estimate of drug-likeness (QED) is 0.262. The fourth-order valence-electron chi connectivity index (χ4n) is 7.73. The first-order valence-corrected chi connectivity index (χ1v) is 21.9. The van der Waals surface area contributed by atoms with Gasteiger partial charge in [-0.15, -0.1) is 0 Å². The van der Waals surface area contributed by atoms with Gasteiger partial charge in [0.1, 0.15) is 0 Å². The summed E-state index contributed by atoms with van der Waals surface area (Å²) in [5.74, 6) is 0. The predicted molar refractivity (Wildman–Crippen MR) is 173 cm³/mol. The molecule has 0 amide bonds. The van der Waals surface area contributed by atoms with E-state index < -0.39 is 20.3 Å². The molecule has 0 aromatic heterocycles. The molecule has 4 aromatic rings. The zero-order chi connectivity index (χ0) is 27.6. The predicted octanol–water partition coefficient (Wildman–Crippen LogP) is 5.68. The largest absolute Gasteiger partial charge is 1.00 e. The molecule has 218 valence electrons. The summed E-state index contributed by atoms with van der Waals surface area (Å²) in [7, 11) is 0. The summed E-state index contributed by atoms with van der Waals surface area (Å²) in [5, 5.41) is 0. The summed E-state index contributed by atoms with van der Waals surface area (Å²) in [6, 6.07) is 24.0. The van der Waals surface area contributed by atoms with E-state index in [0.29, 0.717) is 3.63 Å². The van der Waals surface area contributed by atoms with Crippen LogP contribution in [0.3, 0.4) is 0 Å². The van der Waals surface area contributed by atoms with Gasteiger partial charge < -0.3 is 24.8 Å². The second kappa shape index (κ2) is 12.8. The number of hydrogen-bond donors (Lipinski definition) is 0. The number of allylic oxidation sites excluding steroid dienone is 4. The third-order valence-corrected chi connectivity index (χ3v) is 19.3. The Morgan fingerprint density at radius 2 is 1.00 bits per heavy atom. The number of aryl methyl sites for hydroxylation is 6. The third kappa shape index (κ3) is 5.70. The molecule has 0 spiro atoms. The van der Waals surface area contributed by atoms with E-state index in [2.05, 4.69) is 130 Å². The molecule has 0 heterocycles. The molecule has 0 radical (unpaired) electrons. The van der Waals surface area contributed by atoms with Gasteiger partial charge in [0.2, 0.25) is 0 Å². The van der Waals surface area contributed by atoms with Crippen LogP contribution in [0.5, 0.6) is 0 Å². The first-order chi connectivity index (χ1) is 18.6. The average Bonchev–Trinajstić information content (AvgIpc) is 3.50. The molecule has 0 unspecified atom stereocenters. The Balaban J connectivity index is 0.00000161. The van der Waals surface area contributed by atoms with Crippen LogP contribution in [0.15, 0.2) is 82.2 Å². The number of rotatable bonds is 4. The van der Waals surface area contributed by atoms with E-state index >= 15 is 0 Å². The van der Waals surface area contributed by atoms with Crippen LogP contribution >= 0.6 is 0 Å². The van der Waals surface area contributed by atoms with Crippen LogP contribution in [0.25, 0.3) is 33.4 Å². The summed E-state index contributed by atoms with van der Waals surface area (Å²) in [6.45, 7) is 13.5. The van der Waals surface area contributed by atoms with E-state index in [1.807, 2.05) is 0 Å². The van der Waals surface area contributed by atoms with Crippen LogP contribution in [0, 0.1) is 41.5 Å². The minimum Gasteiger partial charge on any atom is -1.00 e. The number of fused-ring (bicyclic) bond motifs is 3. The van der Waals surface area contributed by atoms with Crippen molar-refractivity contribution < 1.29 is 45.1 Å². The molecule has 0 bridgehead atoms. The van der Waals surface area contributed by atoms with Gasteiger partial charge in [0.05, 0.1) is 0 Å². The fourth-order valence-corrected chi connectivity index (χ4v) is 16.5. The molecular formula is C39H44Cl2Zr. The van der Waals surface area contributed by atoms with Gasteiger partial charge >= 0.3 is 241 Å². The molecule has 0 aliphatic heterocycles. The van der Waals surface area contributed by atoms with E-state index in [-0.39, 0.29) is 32.2 Å². The van der Waals surface area contributed by atoms with E-state index in [9.17, 15) is 0 Å². The molecule has 6 rings (SSSR count). The molecule has 2 aliphatic carbocycles. The van der Waals surface area contributed by atoms with Crippen LogP contribution in [0.1, 0.15) is 62.0 Å². The third-order valence-electron chi connectivity index (χ3n) is 9.27. The van der Waals surface area contributed by atoms with Crippen molar-refractivity contribution in [3.63, 3.8) is 0 Å². The van der Waals surface area contributed by atoms with E-state index in [0.717, 1.165) is 6.42 Å². The van der Waals surface area contributed by atoms with Crippen LogP contribution in [-0.4, -0.2) is 0 Å². The Bertz CT molecular complexity index is 1570. The Morgan fingerprint density at radius 1 is 0.595 bits per heavy atom. The van der Waals surface area contributed by atoms with Crippen LogP contribution < -0.4 is 24.8 Å². The minimum atomic E-state index is -2.81. The van der Waals surface area contributed by atoms with Crippen molar-refractivity contribution in [3.8, 4) is 33.4 Å². The Hall–Kier alpha value is -2.18. The zero-order valence-corrected chi connectivity index (χ0v) is 29.5. The second-order valence-electron chi connectivity index (χ2n) is 12.6. The van der Waals surface area contributed by atoms with Gasteiger partial charge in [0.15, 0.2) is 0 Å². The van der Waals surface area contributed by atoms with Crippen molar-refractivity contribution in [2.45, 2.75) is 68.3 Å². The van der Waals surface area contributed by atoms with Gasteiger partial charge in [-0.25, -0.2) is 0 Å². The molecule has 0 nitrogen and oxygen atoms in total. The van der Waals surface area contributed by atoms with E-state index in [1.165, 1.54) is 66.8 Å². The van der Waals surface area contributed by atoms with Crippen molar-refractivity contribution in [2.24, 2.45) is 0 Å². The van der Waals surface area contributed by atoms with Crippen LogP contribution in [0.2, 0.25) is 9.26 Å². The molecule has 0 atom stereocenters. The Kier molecular flexibility index (Phi) is 10.5.